The lowest BCUT2D eigenvalue weighted by Crippen LogP contribution is -2.34. The molecule has 0 amide bonds. The standard InChI is InChI=1S/C16H15FIN/c17-14-6-2-1-5-13(14)11-9-12(10-11)19-16-8-4-3-7-15(16)18/h1-8,11-12,19H,9-10H2. The first-order valence-electron chi connectivity index (χ1n) is 6.49. The summed E-state index contributed by atoms with van der Waals surface area (Å²) in [6.07, 6.45) is 2.01. The van der Waals surface area contributed by atoms with Crippen molar-refractivity contribution in [3.05, 3.63) is 63.5 Å². The number of benzene rings is 2. The number of para-hydroxylation sites is 1. The third-order valence-electron chi connectivity index (χ3n) is 3.72. The maximum atomic E-state index is 13.7. The highest BCUT2D eigenvalue weighted by Crippen LogP contribution is 2.39. The molecule has 19 heavy (non-hydrogen) atoms. The molecule has 0 atom stereocenters. The van der Waals surface area contributed by atoms with Crippen LogP contribution in [0, 0.1) is 9.39 Å². The van der Waals surface area contributed by atoms with E-state index in [-0.39, 0.29) is 5.82 Å². The Balaban J connectivity index is 1.62. The molecule has 3 heteroatoms. The van der Waals surface area contributed by atoms with Crippen molar-refractivity contribution < 1.29 is 4.39 Å². The predicted molar refractivity (Wildman–Crippen MR) is 84.9 cm³/mol. The number of hydrogen-bond acceptors (Lipinski definition) is 1. The van der Waals surface area contributed by atoms with Crippen molar-refractivity contribution in [1.29, 1.82) is 0 Å². The topological polar surface area (TPSA) is 12.0 Å². The number of rotatable bonds is 3. The molecule has 2 aromatic carbocycles. The van der Waals surface area contributed by atoms with Crippen LogP contribution in [0.1, 0.15) is 24.3 Å². The van der Waals surface area contributed by atoms with Crippen molar-refractivity contribution >= 4 is 28.3 Å². The van der Waals surface area contributed by atoms with Crippen LogP contribution in [-0.4, -0.2) is 6.04 Å². The molecular formula is C16H15FIN. The predicted octanol–water partition coefficient (Wildman–Crippen LogP) is 4.79. The van der Waals surface area contributed by atoms with Gasteiger partial charge in [0.15, 0.2) is 0 Å². The molecule has 1 aliphatic rings. The van der Waals surface area contributed by atoms with Crippen molar-refractivity contribution in [2.24, 2.45) is 0 Å². The highest BCUT2D eigenvalue weighted by molar-refractivity contribution is 14.1. The Labute approximate surface area is 126 Å². The summed E-state index contributed by atoms with van der Waals surface area (Å²) in [5.74, 6) is 0.292. The van der Waals surface area contributed by atoms with E-state index < -0.39 is 0 Å². The Hall–Kier alpha value is -1.10. The molecule has 3 rings (SSSR count). The summed E-state index contributed by atoms with van der Waals surface area (Å²) in [5.41, 5.74) is 2.04. The molecule has 0 unspecified atom stereocenters. The number of halogens is 2. The molecule has 0 heterocycles. The SMILES string of the molecule is Fc1ccccc1C1CC(Nc2ccccc2I)C1. The molecule has 0 bridgehead atoms. The van der Waals surface area contributed by atoms with Crippen LogP contribution >= 0.6 is 22.6 Å². The van der Waals surface area contributed by atoms with Gasteiger partial charge in [-0.2, -0.15) is 0 Å². The zero-order valence-electron chi connectivity index (χ0n) is 10.4. The van der Waals surface area contributed by atoms with Gasteiger partial charge in [0, 0.05) is 15.3 Å². The third kappa shape index (κ3) is 2.76. The molecule has 1 saturated carbocycles. The van der Waals surface area contributed by atoms with Crippen molar-refractivity contribution in [2.75, 3.05) is 5.32 Å². The summed E-state index contributed by atoms with van der Waals surface area (Å²) in [7, 11) is 0. The maximum absolute atomic E-state index is 13.7. The van der Waals surface area contributed by atoms with Crippen LogP contribution in [0.25, 0.3) is 0 Å². The van der Waals surface area contributed by atoms with Crippen LogP contribution < -0.4 is 5.32 Å². The minimum atomic E-state index is -0.0692. The summed E-state index contributed by atoms with van der Waals surface area (Å²) >= 11 is 2.33. The van der Waals surface area contributed by atoms with E-state index in [9.17, 15) is 4.39 Å². The van der Waals surface area contributed by atoms with E-state index in [1.807, 2.05) is 24.3 Å². The Kier molecular flexibility index (Phi) is 3.73. The number of anilines is 1. The van der Waals surface area contributed by atoms with Gasteiger partial charge in [-0.25, -0.2) is 4.39 Å². The quantitative estimate of drug-likeness (QED) is 0.770. The van der Waals surface area contributed by atoms with E-state index in [1.165, 1.54) is 9.26 Å². The van der Waals surface area contributed by atoms with E-state index in [2.05, 4.69) is 40.0 Å². The molecule has 1 fully saturated rings. The van der Waals surface area contributed by atoms with Crippen molar-refractivity contribution in [1.82, 2.24) is 0 Å². The van der Waals surface area contributed by atoms with Crippen LogP contribution in [0.5, 0.6) is 0 Å². The average Bonchev–Trinajstić information content (AvgIpc) is 2.37. The molecule has 1 nitrogen and oxygen atoms in total. The van der Waals surface area contributed by atoms with Gasteiger partial charge in [0.05, 0.1) is 0 Å². The van der Waals surface area contributed by atoms with Gasteiger partial charge in [-0.05, 0) is 65.1 Å². The molecule has 0 aliphatic heterocycles. The Morgan fingerprint density at radius 3 is 2.42 bits per heavy atom. The summed E-state index contributed by atoms with van der Waals surface area (Å²) in [6, 6.07) is 15.8. The van der Waals surface area contributed by atoms with Crippen LogP contribution in [0.3, 0.4) is 0 Å². The van der Waals surface area contributed by atoms with Gasteiger partial charge in [-0.3, -0.25) is 0 Å². The molecule has 0 saturated heterocycles. The minimum Gasteiger partial charge on any atom is -0.381 e. The van der Waals surface area contributed by atoms with Crippen LogP contribution in [-0.2, 0) is 0 Å². The van der Waals surface area contributed by atoms with Crippen molar-refractivity contribution in [3.63, 3.8) is 0 Å². The van der Waals surface area contributed by atoms with E-state index in [0.717, 1.165) is 18.4 Å². The third-order valence-corrected chi connectivity index (χ3v) is 4.66. The first kappa shape index (κ1) is 12.9. The second kappa shape index (κ2) is 5.49. The Bertz CT molecular complexity index is 578. The van der Waals surface area contributed by atoms with Gasteiger partial charge in [-0.15, -0.1) is 0 Å². The zero-order chi connectivity index (χ0) is 13.2. The van der Waals surface area contributed by atoms with Gasteiger partial charge in [0.25, 0.3) is 0 Å². The molecule has 2 aromatic rings. The Morgan fingerprint density at radius 1 is 1.00 bits per heavy atom. The number of hydrogen-bond donors (Lipinski definition) is 1. The summed E-state index contributed by atoms with van der Waals surface area (Å²) in [6.45, 7) is 0. The van der Waals surface area contributed by atoms with Gasteiger partial charge < -0.3 is 5.32 Å². The van der Waals surface area contributed by atoms with Crippen LogP contribution in [0.2, 0.25) is 0 Å². The summed E-state index contributed by atoms with van der Waals surface area (Å²) in [5, 5.41) is 3.54. The molecule has 1 N–H and O–H groups in total. The summed E-state index contributed by atoms with van der Waals surface area (Å²) < 4.78 is 14.9. The van der Waals surface area contributed by atoms with E-state index >= 15 is 0 Å². The van der Waals surface area contributed by atoms with Crippen LogP contribution in [0.15, 0.2) is 48.5 Å². The first-order chi connectivity index (χ1) is 9.24. The minimum absolute atomic E-state index is 0.0692. The number of nitrogens with one attached hydrogen (secondary N) is 1. The molecule has 0 aromatic heterocycles. The first-order valence-corrected chi connectivity index (χ1v) is 7.57. The second-order valence-corrected chi connectivity index (χ2v) is 6.17. The van der Waals surface area contributed by atoms with E-state index in [0.29, 0.717) is 12.0 Å². The molecular weight excluding hydrogens is 352 g/mol. The molecule has 1 aliphatic carbocycles. The molecule has 0 radical (unpaired) electrons. The summed E-state index contributed by atoms with van der Waals surface area (Å²) in [4.78, 5) is 0. The second-order valence-electron chi connectivity index (χ2n) is 5.01. The van der Waals surface area contributed by atoms with E-state index in [1.54, 1.807) is 12.1 Å². The van der Waals surface area contributed by atoms with Gasteiger partial charge in [0.2, 0.25) is 0 Å². The smallest absolute Gasteiger partial charge is 0.126 e. The Morgan fingerprint density at radius 2 is 1.68 bits per heavy atom. The fourth-order valence-corrected chi connectivity index (χ4v) is 3.14. The van der Waals surface area contributed by atoms with Crippen molar-refractivity contribution in [2.45, 2.75) is 24.8 Å². The lowest BCUT2D eigenvalue weighted by atomic mass is 9.75. The van der Waals surface area contributed by atoms with Gasteiger partial charge >= 0.3 is 0 Å². The lowest BCUT2D eigenvalue weighted by molar-refractivity contribution is 0.363. The largest absolute Gasteiger partial charge is 0.381 e. The van der Waals surface area contributed by atoms with Gasteiger partial charge in [0.1, 0.15) is 5.82 Å². The fourth-order valence-electron chi connectivity index (χ4n) is 2.59. The molecule has 0 spiro atoms. The highest BCUT2D eigenvalue weighted by Gasteiger charge is 2.31. The lowest BCUT2D eigenvalue weighted by Gasteiger charge is -2.37. The zero-order valence-corrected chi connectivity index (χ0v) is 12.6. The fraction of sp³-hybridized carbons (Fsp3) is 0.250. The molecule has 98 valence electrons. The maximum Gasteiger partial charge on any atom is 0.126 e. The van der Waals surface area contributed by atoms with Crippen molar-refractivity contribution in [3.8, 4) is 0 Å². The normalized spacial score (nSPS) is 21.8. The highest BCUT2D eigenvalue weighted by atomic mass is 127. The van der Waals surface area contributed by atoms with Gasteiger partial charge in [-0.1, -0.05) is 30.3 Å². The van der Waals surface area contributed by atoms with Crippen LogP contribution in [0.4, 0.5) is 10.1 Å². The average molecular weight is 367 g/mol. The van der Waals surface area contributed by atoms with E-state index in [4.69, 9.17) is 0 Å². The monoisotopic (exact) mass is 367 g/mol.